The summed E-state index contributed by atoms with van der Waals surface area (Å²) in [4.78, 5) is 11.8. The molecular formula is C13H14N4. The highest BCUT2D eigenvalue weighted by Crippen LogP contribution is 2.25. The quantitative estimate of drug-likeness (QED) is 0.855. The van der Waals surface area contributed by atoms with Crippen LogP contribution in [0.15, 0.2) is 24.5 Å². The highest BCUT2D eigenvalue weighted by Gasteiger charge is 2.25. The molecule has 86 valence electrons. The molecule has 2 rings (SSSR count). The van der Waals surface area contributed by atoms with Crippen LogP contribution in [0.2, 0.25) is 0 Å². The number of nitrogens with one attached hydrogen (secondary N) is 1. The van der Waals surface area contributed by atoms with Crippen LogP contribution >= 0.6 is 0 Å². The molecule has 0 radical (unpaired) electrons. The Bertz CT molecular complexity index is 561. The number of aryl methyl sites for hydroxylation is 1. The van der Waals surface area contributed by atoms with Crippen LogP contribution in [0.4, 0.5) is 0 Å². The normalized spacial score (nSPS) is 11.2. The Labute approximate surface area is 100 Å². The lowest BCUT2D eigenvalue weighted by atomic mass is 9.95. The molecule has 1 N–H and O–H groups in total. The molecule has 0 atom stereocenters. The molecule has 0 aliphatic rings. The molecule has 0 amide bonds. The highest BCUT2D eigenvalue weighted by molar-refractivity contribution is 5.60. The van der Waals surface area contributed by atoms with E-state index in [1.165, 1.54) is 0 Å². The first-order valence-corrected chi connectivity index (χ1v) is 5.43. The summed E-state index contributed by atoms with van der Waals surface area (Å²) in [5.41, 5.74) is 2.17. The first-order valence-electron chi connectivity index (χ1n) is 5.43. The van der Waals surface area contributed by atoms with Crippen molar-refractivity contribution in [3.8, 4) is 17.3 Å². The Balaban J connectivity index is 2.50. The van der Waals surface area contributed by atoms with Gasteiger partial charge >= 0.3 is 0 Å². The Morgan fingerprint density at radius 3 is 2.76 bits per heavy atom. The Hall–Kier alpha value is -2.15. The van der Waals surface area contributed by atoms with E-state index in [0.717, 1.165) is 17.0 Å². The van der Waals surface area contributed by atoms with E-state index in [1.807, 2.05) is 32.9 Å². The van der Waals surface area contributed by atoms with E-state index in [-0.39, 0.29) is 0 Å². The zero-order valence-electron chi connectivity index (χ0n) is 10.2. The molecule has 0 bridgehead atoms. The van der Waals surface area contributed by atoms with Gasteiger partial charge in [-0.1, -0.05) is 0 Å². The predicted octanol–water partition coefficient (Wildman–Crippen LogP) is 2.58. The summed E-state index contributed by atoms with van der Waals surface area (Å²) >= 11 is 0. The maximum Gasteiger partial charge on any atom is 0.126 e. The number of rotatable bonds is 2. The molecule has 0 spiro atoms. The van der Waals surface area contributed by atoms with Crippen LogP contribution < -0.4 is 0 Å². The van der Waals surface area contributed by atoms with Crippen molar-refractivity contribution in [3.05, 3.63) is 36.0 Å². The zero-order chi connectivity index (χ0) is 12.5. The van der Waals surface area contributed by atoms with E-state index < -0.39 is 5.41 Å². The molecule has 0 saturated heterocycles. The number of aromatic nitrogens is 3. The van der Waals surface area contributed by atoms with E-state index in [0.29, 0.717) is 5.82 Å². The fraction of sp³-hybridized carbons (Fsp3) is 0.308. The van der Waals surface area contributed by atoms with Crippen molar-refractivity contribution in [1.82, 2.24) is 15.0 Å². The first kappa shape index (κ1) is 11.3. The van der Waals surface area contributed by atoms with Gasteiger partial charge in [0.2, 0.25) is 0 Å². The topological polar surface area (TPSA) is 65.4 Å². The Morgan fingerprint density at radius 1 is 1.41 bits per heavy atom. The van der Waals surface area contributed by atoms with Crippen LogP contribution in [0, 0.1) is 18.3 Å². The van der Waals surface area contributed by atoms with Gasteiger partial charge in [-0.25, -0.2) is 4.98 Å². The third-order valence-corrected chi connectivity index (χ3v) is 2.69. The fourth-order valence-corrected chi connectivity index (χ4v) is 1.59. The number of hydrogen-bond donors (Lipinski definition) is 1. The average molecular weight is 226 g/mol. The summed E-state index contributed by atoms with van der Waals surface area (Å²) in [5.74, 6) is 0.691. The van der Waals surface area contributed by atoms with Gasteiger partial charge in [0.15, 0.2) is 0 Å². The number of pyridine rings is 1. The molecule has 0 aliphatic carbocycles. The third kappa shape index (κ3) is 2.04. The SMILES string of the molecule is Cc1[nH]c(C(C)(C)C#N)nc1-c1cccnc1. The molecule has 0 saturated carbocycles. The molecule has 4 nitrogen and oxygen atoms in total. The van der Waals surface area contributed by atoms with Gasteiger partial charge in [0.05, 0.1) is 11.8 Å². The second kappa shape index (κ2) is 4.02. The van der Waals surface area contributed by atoms with Gasteiger partial charge < -0.3 is 4.98 Å². The molecular weight excluding hydrogens is 212 g/mol. The van der Waals surface area contributed by atoms with Crippen molar-refractivity contribution in [1.29, 1.82) is 5.26 Å². The van der Waals surface area contributed by atoms with Crippen molar-refractivity contribution < 1.29 is 0 Å². The molecule has 0 unspecified atom stereocenters. The molecule has 17 heavy (non-hydrogen) atoms. The molecule has 0 fully saturated rings. The number of nitrogens with zero attached hydrogens (tertiary/aromatic N) is 3. The molecule has 4 heteroatoms. The average Bonchev–Trinajstić information content (AvgIpc) is 2.73. The summed E-state index contributed by atoms with van der Waals surface area (Å²) in [6.07, 6.45) is 3.50. The second-order valence-corrected chi connectivity index (χ2v) is 4.54. The smallest absolute Gasteiger partial charge is 0.126 e. The van der Waals surface area contributed by atoms with Gasteiger partial charge in [-0.15, -0.1) is 0 Å². The van der Waals surface area contributed by atoms with Crippen molar-refractivity contribution in [2.75, 3.05) is 0 Å². The van der Waals surface area contributed by atoms with Crippen molar-refractivity contribution in [2.24, 2.45) is 0 Å². The maximum absolute atomic E-state index is 9.10. The maximum atomic E-state index is 9.10. The van der Waals surface area contributed by atoms with Crippen LogP contribution in [-0.4, -0.2) is 15.0 Å². The first-order chi connectivity index (χ1) is 8.04. The van der Waals surface area contributed by atoms with Gasteiger partial charge in [0.25, 0.3) is 0 Å². The number of imidazole rings is 1. The van der Waals surface area contributed by atoms with E-state index in [9.17, 15) is 0 Å². The lowest BCUT2D eigenvalue weighted by molar-refractivity contribution is 0.638. The number of H-pyrrole nitrogens is 1. The van der Waals surface area contributed by atoms with Crippen LogP contribution in [-0.2, 0) is 5.41 Å². The molecule has 2 heterocycles. The summed E-state index contributed by atoms with van der Waals surface area (Å²) in [5, 5.41) is 9.10. The minimum absolute atomic E-state index is 0.606. The number of aromatic amines is 1. The number of hydrogen-bond acceptors (Lipinski definition) is 3. The zero-order valence-corrected chi connectivity index (χ0v) is 10.2. The third-order valence-electron chi connectivity index (χ3n) is 2.69. The van der Waals surface area contributed by atoms with Crippen molar-refractivity contribution in [3.63, 3.8) is 0 Å². The van der Waals surface area contributed by atoms with Crippen LogP contribution in [0.5, 0.6) is 0 Å². The van der Waals surface area contributed by atoms with E-state index >= 15 is 0 Å². The second-order valence-electron chi connectivity index (χ2n) is 4.54. The summed E-state index contributed by atoms with van der Waals surface area (Å²) in [6, 6.07) is 6.07. The Kier molecular flexibility index (Phi) is 2.68. The highest BCUT2D eigenvalue weighted by atomic mass is 15.0. The van der Waals surface area contributed by atoms with Crippen LogP contribution in [0.1, 0.15) is 25.4 Å². The lowest BCUT2D eigenvalue weighted by Gasteiger charge is -2.10. The van der Waals surface area contributed by atoms with Gasteiger partial charge in [-0.3, -0.25) is 4.98 Å². The summed E-state index contributed by atoms with van der Waals surface area (Å²) < 4.78 is 0. The van der Waals surface area contributed by atoms with E-state index in [4.69, 9.17) is 5.26 Å². The van der Waals surface area contributed by atoms with Gasteiger partial charge in [-0.2, -0.15) is 5.26 Å². The fourth-order valence-electron chi connectivity index (χ4n) is 1.59. The largest absolute Gasteiger partial charge is 0.344 e. The van der Waals surface area contributed by atoms with Gasteiger partial charge in [0, 0.05) is 23.7 Å². The van der Waals surface area contributed by atoms with Crippen molar-refractivity contribution >= 4 is 0 Å². The number of nitriles is 1. The minimum atomic E-state index is -0.606. The lowest BCUT2D eigenvalue weighted by Crippen LogP contribution is -2.15. The van der Waals surface area contributed by atoms with E-state index in [1.54, 1.807) is 12.4 Å². The monoisotopic (exact) mass is 226 g/mol. The minimum Gasteiger partial charge on any atom is -0.344 e. The summed E-state index contributed by atoms with van der Waals surface area (Å²) in [6.45, 7) is 5.64. The Morgan fingerprint density at radius 2 is 2.18 bits per heavy atom. The van der Waals surface area contributed by atoms with Crippen LogP contribution in [0.3, 0.4) is 0 Å². The predicted molar refractivity (Wildman–Crippen MR) is 65.2 cm³/mol. The van der Waals surface area contributed by atoms with Crippen molar-refractivity contribution in [2.45, 2.75) is 26.2 Å². The van der Waals surface area contributed by atoms with Gasteiger partial charge in [-0.05, 0) is 32.9 Å². The molecule has 2 aromatic rings. The standard InChI is InChI=1S/C13H14N4/c1-9-11(10-5-4-6-15-7-10)17-12(16-9)13(2,3)8-14/h4-7H,1-3H3,(H,16,17). The van der Waals surface area contributed by atoms with Crippen LogP contribution in [0.25, 0.3) is 11.3 Å². The van der Waals surface area contributed by atoms with E-state index in [2.05, 4.69) is 21.0 Å². The van der Waals surface area contributed by atoms with Gasteiger partial charge in [0.1, 0.15) is 11.2 Å². The molecule has 2 aromatic heterocycles. The summed E-state index contributed by atoms with van der Waals surface area (Å²) in [7, 11) is 0. The molecule has 0 aromatic carbocycles. The molecule has 0 aliphatic heterocycles.